The van der Waals surface area contributed by atoms with Gasteiger partial charge in [0, 0.05) is 6.54 Å². The molecule has 0 aliphatic carbocycles. The van der Waals surface area contributed by atoms with Crippen LogP contribution in [0.25, 0.3) is 10.2 Å². The largest absolute Gasteiger partial charge is 0.325 e. The van der Waals surface area contributed by atoms with Gasteiger partial charge in [0.15, 0.2) is 5.13 Å². The quantitative estimate of drug-likeness (QED) is 0.629. The molecule has 1 aliphatic rings. The number of aromatic nitrogens is 1. The smallest absolute Gasteiger partial charge is 0.324 e. The summed E-state index contributed by atoms with van der Waals surface area (Å²) in [4.78, 5) is 42.5. The van der Waals surface area contributed by atoms with Gasteiger partial charge in [-0.3, -0.25) is 14.5 Å². The van der Waals surface area contributed by atoms with E-state index in [1.54, 1.807) is 0 Å². The summed E-state index contributed by atoms with van der Waals surface area (Å²) < 4.78 is 0.968. The third-order valence-electron chi connectivity index (χ3n) is 4.50. The first-order chi connectivity index (χ1) is 13.6. The summed E-state index contributed by atoms with van der Waals surface area (Å²) in [5.74, 6) is -0.733. The Morgan fingerprint density at radius 1 is 1.11 bits per heavy atom. The lowest BCUT2D eigenvalue weighted by molar-refractivity contribution is -0.129. The summed E-state index contributed by atoms with van der Waals surface area (Å²) >= 11 is 1.37. The van der Waals surface area contributed by atoms with Gasteiger partial charge in [-0.2, -0.15) is 0 Å². The van der Waals surface area contributed by atoms with Crippen molar-refractivity contribution >= 4 is 44.5 Å². The SMILES string of the molecule is O=C(C[C@@H]1NC(=O)N(CCc2ccccc2)C1=O)Nc1nc2ccccc2s1. The molecule has 28 heavy (non-hydrogen) atoms. The molecular weight excluding hydrogens is 376 g/mol. The minimum atomic E-state index is -0.849. The van der Waals surface area contributed by atoms with Gasteiger partial charge >= 0.3 is 6.03 Å². The molecule has 0 bridgehead atoms. The number of nitrogens with zero attached hydrogens (tertiary/aromatic N) is 2. The third-order valence-corrected chi connectivity index (χ3v) is 5.46. The summed E-state index contributed by atoms with van der Waals surface area (Å²) in [7, 11) is 0. The number of thiazole rings is 1. The molecular formula is C20H18N4O3S. The molecule has 0 spiro atoms. The second-order valence-electron chi connectivity index (χ2n) is 6.47. The van der Waals surface area contributed by atoms with Crippen LogP contribution in [0.5, 0.6) is 0 Å². The van der Waals surface area contributed by atoms with E-state index in [9.17, 15) is 14.4 Å². The second kappa shape index (κ2) is 7.77. The maximum atomic E-state index is 12.5. The number of imide groups is 1. The summed E-state index contributed by atoms with van der Waals surface area (Å²) in [5.41, 5.74) is 1.85. The Balaban J connectivity index is 1.34. The Kier molecular flexibility index (Phi) is 5.03. The van der Waals surface area contributed by atoms with Gasteiger partial charge < -0.3 is 10.6 Å². The molecule has 142 valence electrons. The van der Waals surface area contributed by atoms with Crippen LogP contribution >= 0.6 is 11.3 Å². The fourth-order valence-electron chi connectivity index (χ4n) is 3.09. The molecule has 2 heterocycles. The molecule has 1 aliphatic heterocycles. The van der Waals surface area contributed by atoms with Crippen molar-refractivity contribution in [1.82, 2.24) is 15.2 Å². The van der Waals surface area contributed by atoms with Crippen molar-refractivity contribution < 1.29 is 14.4 Å². The first-order valence-electron chi connectivity index (χ1n) is 8.91. The number of urea groups is 1. The van der Waals surface area contributed by atoms with Crippen LogP contribution in [0.2, 0.25) is 0 Å². The average Bonchev–Trinajstić information content (AvgIpc) is 3.21. The molecule has 0 unspecified atom stereocenters. The molecule has 7 nitrogen and oxygen atoms in total. The van der Waals surface area contributed by atoms with Crippen molar-refractivity contribution in [2.45, 2.75) is 18.9 Å². The van der Waals surface area contributed by atoms with E-state index < -0.39 is 12.1 Å². The Labute approximate surface area is 165 Å². The predicted molar refractivity (Wildman–Crippen MR) is 107 cm³/mol. The van der Waals surface area contributed by atoms with Crippen molar-refractivity contribution in [3.05, 3.63) is 60.2 Å². The van der Waals surface area contributed by atoms with E-state index in [0.29, 0.717) is 11.6 Å². The minimum Gasteiger partial charge on any atom is -0.325 e. The molecule has 2 aromatic carbocycles. The Morgan fingerprint density at radius 2 is 1.86 bits per heavy atom. The van der Waals surface area contributed by atoms with E-state index >= 15 is 0 Å². The predicted octanol–water partition coefficient (Wildman–Crippen LogP) is 2.79. The first kappa shape index (κ1) is 18.1. The van der Waals surface area contributed by atoms with Crippen LogP contribution in [0.1, 0.15) is 12.0 Å². The maximum absolute atomic E-state index is 12.5. The summed E-state index contributed by atoms with van der Waals surface area (Å²) in [5, 5.41) is 5.78. The van der Waals surface area contributed by atoms with Gasteiger partial charge in [-0.1, -0.05) is 53.8 Å². The van der Waals surface area contributed by atoms with E-state index in [-0.39, 0.29) is 24.8 Å². The number of para-hydroxylation sites is 1. The molecule has 1 aromatic heterocycles. The number of carbonyl (C=O) groups is 3. The number of fused-ring (bicyclic) bond motifs is 1. The zero-order chi connectivity index (χ0) is 19.5. The lowest BCUT2D eigenvalue weighted by Gasteiger charge is -2.12. The summed E-state index contributed by atoms with van der Waals surface area (Å²) in [6.45, 7) is 0.282. The highest BCUT2D eigenvalue weighted by molar-refractivity contribution is 7.22. The van der Waals surface area contributed by atoms with E-state index in [2.05, 4.69) is 15.6 Å². The van der Waals surface area contributed by atoms with Gasteiger partial charge in [-0.25, -0.2) is 9.78 Å². The Hall–Kier alpha value is -3.26. The van der Waals surface area contributed by atoms with Crippen molar-refractivity contribution in [1.29, 1.82) is 0 Å². The van der Waals surface area contributed by atoms with Crippen LogP contribution in [-0.4, -0.2) is 40.3 Å². The second-order valence-corrected chi connectivity index (χ2v) is 7.50. The van der Waals surface area contributed by atoms with Gasteiger partial charge in [0.05, 0.1) is 16.6 Å². The number of carbonyl (C=O) groups excluding carboxylic acids is 3. The van der Waals surface area contributed by atoms with Gasteiger partial charge in [-0.15, -0.1) is 0 Å². The van der Waals surface area contributed by atoms with Crippen LogP contribution in [0.4, 0.5) is 9.93 Å². The number of nitrogens with one attached hydrogen (secondary N) is 2. The number of rotatable bonds is 6. The van der Waals surface area contributed by atoms with Crippen LogP contribution in [0.15, 0.2) is 54.6 Å². The van der Waals surface area contributed by atoms with E-state index in [1.165, 1.54) is 16.2 Å². The number of hydrogen-bond donors (Lipinski definition) is 2. The average molecular weight is 394 g/mol. The lowest BCUT2D eigenvalue weighted by Crippen LogP contribution is -2.34. The fourth-order valence-corrected chi connectivity index (χ4v) is 3.98. The Bertz CT molecular complexity index is 1000. The van der Waals surface area contributed by atoms with Crippen molar-refractivity contribution in [3.63, 3.8) is 0 Å². The number of benzene rings is 2. The van der Waals surface area contributed by atoms with Gasteiger partial charge in [0.1, 0.15) is 6.04 Å². The fraction of sp³-hybridized carbons (Fsp3) is 0.200. The van der Waals surface area contributed by atoms with Gasteiger partial charge in [0.2, 0.25) is 5.91 Å². The van der Waals surface area contributed by atoms with Crippen molar-refractivity contribution in [3.8, 4) is 0 Å². The summed E-state index contributed by atoms with van der Waals surface area (Å²) in [6.07, 6.45) is 0.451. The van der Waals surface area contributed by atoms with Crippen molar-refractivity contribution in [2.75, 3.05) is 11.9 Å². The number of hydrogen-bond acceptors (Lipinski definition) is 5. The third kappa shape index (κ3) is 3.86. The van der Waals surface area contributed by atoms with Gasteiger partial charge in [-0.05, 0) is 24.1 Å². The molecule has 0 radical (unpaired) electrons. The number of anilines is 1. The van der Waals surface area contributed by atoms with Crippen LogP contribution in [0.3, 0.4) is 0 Å². The van der Waals surface area contributed by atoms with Gasteiger partial charge in [0.25, 0.3) is 5.91 Å². The standard InChI is InChI=1S/C20H18N4O3S/c25-17(23-19-21-14-8-4-5-9-16(14)28-19)12-15-18(26)24(20(27)22-15)11-10-13-6-2-1-3-7-13/h1-9,15H,10-12H2,(H,22,27)(H,21,23,25)/t15-/m0/s1. The van der Waals surface area contributed by atoms with Crippen LogP contribution in [-0.2, 0) is 16.0 Å². The molecule has 1 atom stereocenters. The Morgan fingerprint density at radius 3 is 2.64 bits per heavy atom. The van der Waals surface area contributed by atoms with E-state index in [4.69, 9.17) is 0 Å². The number of amides is 4. The van der Waals surface area contributed by atoms with E-state index in [0.717, 1.165) is 15.8 Å². The minimum absolute atomic E-state index is 0.123. The van der Waals surface area contributed by atoms with Crippen LogP contribution in [0, 0.1) is 0 Å². The highest BCUT2D eigenvalue weighted by Crippen LogP contribution is 2.25. The molecule has 0 saturated carbocycles. The molecule has 4 amide bonds. The highest BCUT2D eigenvalue weighted by Gasteiger charge is 2.38. The monoisotopic (exact) mass is 394 g/mol. The summed E-state index contributed by atoms with van der Waals surface area (Å²) in [6, 6.07) is 15.9. The maximum Gasteiger partial charge on any atom is 0.324 e. The zero-order valence-corrected chi connectivity index (χ0v) is 15.7. The lowest BCUT2D eigenvalue weighted by atomic mass is 10.1. The zero-order valence-electron chi connectivity index (χ0n) is 14.9. The molecule has 2 N–H and O–H groups in total. The van der Waals surface area contributed by atoms with Crippen LogP contribution < -0.4 is 10.6 Å². The molecule has 4 rings (SSSR count). The normalized spacial score (nSPS) is 16.4. The van der Waals surface area contributed by atoms with Crippen molar-refractivity contribution in [2.24, 2.45) is 0 Å². The molecule has 8 heteroatoms. The molecule has 3 aromatic rings. The van der Waals surface area contributed by atoms with E-state index in [1.807, 2.05) is 54.6 Å². The molecule has 1 fully saturated rings. The topological polar surface area (TPSA) is 91.4 Å². The first-order valence-corrected chi connectivity index (χ1v) is 9.73. The highest BCUT2D eigenvalue weighted by atomic mass is 32.1. The molecule has 1 saturated heterocycles.